The first-order valence-electron chi connectivity index (χ1n) is 13.2. The molecule has 6 rings (SSSR count). The normalized spacial score (nSPS) is 12.1. The Kier molecular flexibility index (Phi) is 5.45. The molecule has 6 aromatic rings. The maximum atomic E-state index is 6.56. The van der Waals surface area contributed by atoms with Gasteiger partial charge >= 0.3 is 0 Å². The van der Waals surface area contributed by atoms with Crippen LogP contribution in [0.4, 0.5) is 0 Å². The quantitative estimate of drug-likeness (QED) is 0.249. The van der Waals surface area contributed by atoms with Crippen LogP contribution in [0.25, 0.3) is 50.2 Å². The lowest BCUT2D eigenvalue weighted by molar-refractivity contribution is 0.652. The molecule has 0 aliphatic carbocycles. The van der Waals surface area contributed by atoms with Gasteiger partial charge in [0.2, 0.25) is 5.71 Å². The molecule has 3 heterocycles. The fraction of sp³-hybridized carbons (Fsp3) is 0.273. The van der Waals surface area contributed by atoms with Gasteiger partial charge in [-0.1, -0.05) is 70.2 Å². The van der Waals surface area contributed by atoms with E-state index in [1.165, 1.54) is 22.4 Å². The number of benzene rings is 3. The zero-order chi connectivity index (χ0) is 26.0. The van der Waals surface area contributed by atoms with E-state index >= 15 is 0 Å². The number of para-hydroxylation sites is 3. The Morgan fingerprint density at radius 2 is 1.46 bits per heavy atom. The minimum atomic E-state index is 0.362. The number of aromatic nitrogens is 3. The largest absolute Gasteiger partial charge is 0.437 e. The molecule has 0 aliphatic heterocycles. The Balaban J connectivity index is 1.80. The molecule has 4 nitrogen and oxygen atoms in total. The molecule has 0 atom stereocenters. The third kappa shape index (κ3) is 3.58. The lowest BCUT2D eigenvalue weighted by Gasteiger charge is -2.23. The summed E-state index contributed by atoms with van der Waals surface area (Å²) in [5.41, 5.74) is 11.8. The summed E-state index contributed by atoms with van der Waals surface area (Å²) < 4.78 is 8.93. The summed E-state index contributed by atoms with van der Waals surface area (Å²) in [7, 11) is 0. The SMILES string of the molecule is Cc1cc(C)c2c(n1)oc1c(-c3nc4ccccc4n3-c3c(C(C)C)cccc3C(C)C)c(C)ccc12. The first-order chi connectivity index (χ1) is 17.8. The molecule has 0 amide bonds. The second-order valence-corrected chi connectivity index (χ2v) is 10.9. The summed E-state index contributed by atoms with van der Waals surface area (Å²) >= 11 is 0. The van der Waals surface area contributed by atoms with E-state index in [0.717, 1.165) is 50.0 Å². The monoisotopic (exact) mass is 487 g/mol. The average molecular weight is 488 g/mol. The van der Waals surface area contributed by atoms with Crippen LogP contribution in [0, 0.1) is 20.8 Å². The van der Waals surface area contributed by atoms with Gasteiger partial charge in [-0.25, -0.2) is 9.97 Å². The summed E-state index contributed by atoms with van der Waals surface area (Å²) in [6, 6.07) is 21.6. The number of imidazole rings is 1. The van der Waals surface area contributed by atoms with Gasteiger partial charge in [-0.15, -0.1) is 0 Å². The fourth-order valence-corrected chi connectivity index (χ4v) is 5.75. The zero-order valence-corrected chi connectivity index (χ0v) is 22.7. The molecule has 0 fully saturated rings. The van der Waals surface area contributed by atoms with Gasteiger partial charge in [-0.2, -0.15) is 0 Å². The first kappa shape index (κ1) is 23.5. The number of hydrogen-bond donors (Lipinski definition) is 0. The smallest absolute Gasteiger partial charge is 0.227 e. The summed E-state index contributed by atoms with van der Waals surface area (Å²) in [5, 5.41) is 2.16. The average Bonchev–Trinajstić information content (AvgIpc) is 3.41. The Morgan fingerprint density at radius 1 is 0.757 bits per heavy atom. The van der Waals surface area contributed by atoms with Crippen LogP contribution in [0.3, 0.4) is 0 Å². The number of furan rings is 1. The molecular weight excluding hydrogens is 454 g/mol. The predicted octanol–water partition coefficient (Wildman–Crippen LogP) is 9.16. The van der Waals surface area contributed by atoms with Crippen molar-refractivity contribution in [1.82, 2.24) is 14.5 Å². The second kappa shape index (κ2) is 8.58. The van der Waals surface area contributed by atoms with E-state index in [0.29, 0.717) is 17.5 Å². The molecule has 0 radical (unpaired) electrons. The lowest BCUT2D eigenvalue weighted by Crippen LogP contribution is -2.09. The number of fused-ring (bicyclic) bond motifs is 4. The third-order valence-electron chi connectivity index (χ3n) is 7.50. The van der Waals surface area contributed by atoms with Crippen LogP contribution >= 0.6 is 0 Å². The van der Waals surface area contributed by atoms with Crippen LogP contribution in [0.5, 0.6) is 0 Å². The van der Waals surface area contributed by atoms with E-state index in [4.69, 9.17) is 14.4 Å². The van der Waals surface area contributed by atoms with Crippen molar-refractivity contribution in [3.8, 4) is 17.1 Å². The van der Waals surface area contributed by atoms with Crippen LogP contribution in [0.2, 0.25) is 0 Å². The minimum Gasteiger partial charge on any atom is -0.437 e. The van der Waals surface area contributed by atoms with E-state index in [9.17, 15) is 0 Å². The molecule has 0 spiro atoms. The number of aryl methyl sites for hydroxylation is 3. The van der Waals surface area contributed by atoms with Crippen LogP contribution in [-0.4, -0.2) is 14.5 Å². The van der Waals surface area contributed by atoms with Crippen molar-refractivity contribution in [2.24, 2.45) is 0 Å². The van der Waals surface area contributed by atoms with E-state index in [1.807, 2.05) is 6.92 Å². The van der Waals surface area contributed by atoms with Gasteiger partial charge in [0.15, 0.2) is 0 Å². The molecule has 0 unspecified atom stereocenters. The molecule has 3 aromatic carbocycles. The van der Waals surface area contributed by atoms with Crippen molar-refractivity contribution in [2.75, 3.05) is 0 Å². The van der Waals surface area contributed by atoms with Gasteiger partial charge < -0.3 is 4.42 Å². The standard InChI is InChI=1S/C33H33N3O/c1-18(2)23-11-10-12-24(19(3)4)30(23)36-27-14-9-8-13-26(27)35-32(36)29-20(5)15-16-25-28-21(6)17-22(7)34-33(28)37-31(25)29/h8-19H,1-7H3. The molecule has 0 aliphatic rings. The molecule has 37 heavy (non-hydrogen) atoms. The van der Waals surface area contributed by atoms with E-state index < -0.39 is 0 Å². The molecule has 0 saturated carbocycles. The molecule has 4 heteroatoms. The number of nitrogens with zero attached hydrogens (tertiary/aromatic N) is 3. The van der Waals surface area contributed by atoms with Crippen LogP contribution in [0.15, 0.2) is 65.1 Å². The molecule has 0 bridgehead atoms. The van der Waals surface area contributed by atoms with Crippen molar-refractivity contribution in [3.63, 3.8) is 0 Å². The topological polar surface area (TPSA) is 43.9 Å². The van der Waals surface area contributed by atoms with Gasteiger partial charge in [-0.05, 0) is 73.1 Å². The van der Waals surface area contributed by atoms with Crippen LogP contribution < -0.4 is 0 Å². The van der Waals surface area contributed by atoms with Crippen molar-refractivity contribution < 1.29 is 4.42 Å². The zero-order valence-electron chi connectivity index (χ0n) is 22.7. The molecular formula is C33H33N3O. The minimum absolute atomic E-state index is 0.362. The Bertz CT molecular complexity index is 1790. The summed E-state index contributed by atoms with van der Waals surface area (Å²) in [6.07, 6.45) is 0. The predicted molar refractivity (Wildman–Crippen MR) is 154 cm³/mol. The Hall–Kier alpha value is -3.92. The first-order valence-corrected chi connectivity index (χ1v) is 13.2. The van der Waals surface area contributed by atoms with E-state index in [1.54, 1.807) is 0 Å². The highest BCUT2D eigenvalue weighted by Gasteiger charge is 2.25. The van der Waals surface area contributed by atoms with Gasteiger partial charge in [0.25, 0.3) is 0 Å². The van der Waals surface area contributed by atoms with Gasteiger partial charge in [0, 0.05) is 11.1 Å². The Labute approximate surface area is 218 Å². The van der Waals surface area contributed by atoms with E-state index in [2.05, 4.69) is 107 Å². The van der Waals surface area contributed by atoms with Gasteiger partial charge in [0.1, 0.15) is 11.4 Å². The number of hydrogen-bond acceptors (Lipinski definition) is 3. The summed E-state index contributed by atoms with van der Waals surface area (Å²) in [4.78, 5) is 10.0. The van der Waals surface area contributed by atoms with Crippen LogP contribution in [0.1, 0.15) is 67.5 Å². The Morgan fingerprint density at radius 3 is 2.16 bits per heavy atom. The highest BCUT2D eigenvalue weighted by atomic mass is 16.3. The summed E-state index contributed by atoms with van der Waals surface area (Å²) in [5.74, 6) is 1.63. The van der Waals surface area contributed by atoms with Crippen molar-refractivity contribution >= 4 is 33.1 Å². The molecule has 186 valence electrons. The molecule has 3 aromatic heterocycles. The second-order valence-electron chi connectivity index (χ2n) is 10.9. The van der Waals surface area contributed by atoms with Gasteiger partial charge in [-0.3, -0.25) is 4.57 Å². The highest BCUT2D eigenvalue weighted by Crippen LogP contribution is 2.42. The molecule has 0 saturated heterocycles. The van der Waals surface area contributed by atoms with Crippen molar-refractivity contribution in [2.45, 2.75) is 60.3 Å². The fourth-order valence-electron chi connectivity index (χ4n) is 5.75. The number of rotatable bonds is 4. The number of pyridine rings is 1. The summed E-state index contributed by atoms with van der Waals surface area (Å²) in [6.45, 7) is 15.4. The van der Waals surface area contributed by atoms with Crippen molar-refractivity contribution in [1.29, 1.82) is 0 Å². The van der Waals surface area contributed by atoms with E-state index in [-0.39, 0.29) is 0 Å². The van der Waals surface area contributed by atoms with Crippen molar-refractivity contribution in [3.05, 3.63) is 88.6 Å². The maximum absolute atomic E-state index is 6.56. The maximum Gasteiger partial charge on any atom is 0.227 e. The van der Waals surface area contributed by atoms with Crippen LogP contribution in [-0.2, 0) is 0 Å². The van der Waals surface area contributed by atoms with Gasteiger partial charge in [0.05, 0.1) is 27.7 Å². The molecule has 0 N–H and O–H groups in total. The lowest BCUT2D eigenvalue weighted by atomic mass is 9.92. The third-order valence-corrected chi connectivity index (χ3v) is 7.50. The highest BCUT2D eigenvalue weighted by molar-refractivity contribution is 6.10.